The summed E-state index contributed by atoms with van der Waals surface area (Å²) in [6.07, 6.45) is 5.28. The van der Waals surface area contributed by atoms with Crippen LogP contribution in [0.3, 0.4) is 0 Å². The summed E-state index contributed by atoms with van der Waals surface area (Å²) in [5, 5.41) is 11.4. The second kappa shape index (κ2) is 6.37. The minimum Gasteiger partial charge on any atom is -0.277 e. The second-order valence-electron chi connectivity index (χ2n) is 7.13. The summed E-state index contributed by atoms with van der Waals surface area (Å²) in [5.41, 5.74) is 0.743. The zero-order valence-electron chi connectivity index (χ0n) is 14.1. The Kier molecular flexibility index (Phi) is 4.03. The Bertz CT molecular complexity index is 857. The van der Waals surface area contributed by atoms with Crippen LogP contribution < -0.4 is 5.32 Å². The van der Waals surface area contributed by atoms with E-state index in [0.717, 1.165) is 25.7 Å². The molecule has 0 spiro atoms. The third-order valence-corrected chi connectivity index (χ3v) is 5.65. The van der Waals surface area contributed by atoms with Crippen molar-refractivity contribution in [3.05, 3.63) is 29.8 Å². The van der Waals surface area contributed by atoms with Gasteiger partial charge in [0.05, 0.1) is 11.3 Å². The fourth-order valence-corrected chi connectivity index (χ4v) is 4.41. The van der Waals surface area contributed by atoms with Crippen molar-refractivity contribution in [3.8, 4) is 6.07 Å². The molecule has 2 bridgehead atoms. The molecule has 1 saturated heterocycles. The minimum atomic E-state index is -1.15. The van der Waals surface area contributed by atoms with Crippen molar-refractivity contribution in [2.45, 2.75) is 31.7 Å². The van der Waals surface area contributed by atoms with Crippen LogP contribution in [0.15, 0.2) is 29.3 Å². The number of nitrogens with one attached hydrogen (secondary N) is 1. The molecule has 1 aromatic carbocycles. The molecule has 4 amide bonds. The Balaban J connectivity index is 1.59. The van der Waals surface area contributed by atoms with Crippen LogP contribution in [0.1, 0.15) is 31.2 Å². The summed E-state index contributed by atoms with van der Waals surface area (Å²) in [6, 6.07) is 7.95. The summed E-state index contributed by atoms with van der Waals surface area (Å²) in [6.45, 7) is 0. The van der Waals surface area contributed by atoms with Gasteiger partial charge in [-0.05, 0) is 43.2 Å². The molecule has 7 heteroatoms. The van der Waals surface area contributed by atoms with Crippen molar-refractivity contribution >= 4 is 29.7 Å². The Hall–Kier alpha value is -3.01. The smallest absolute Gasteiger partial charge is 0.277 e. The predicted octanol–water partition coefficient (Wildman–Crippen LogP) is 2.14. The highest BCUT2D eigenvalue weighted by Gasteiger charge is 2.50. The van der Waals surface area contributed by atoms with Gasteiger partial charge in [0.1, 0.15) is 6.07 Å². The molecule has 1 aromatic rings. The van der Waals surface area contributed by atoms with Crippen molar-refractivity contribution in [1.29, 1.82) is 5.26 Å². The Morgan fingerprint density at radius 2 is 2.00 bits per heavy atom. The highest BCUT2D eigenvalue weighted by Crippen LogP contribution is 2.47. The third kappa shape index (κ3) is 2.68. The molecule has 0 aromatic heterocycles. The lowest BCUT2D eigenvalue weighted by atomic mass is 9.92. The van der Waals surface area contributed by atoms with E-state index in [0.29, 0.717) is 23.1 Å². The molecule has 0 unspecified atom stereocenters. The van der Waals surface area contributed by atoms with Gasteiger partial charge < -0.3 is 0 Å². The zero-order valence-corrected chi connectivity index (χ0v) is 14.1. The Morgan fingerprint density at radius 1 is 1.19 bits per heavy atom. The molecule has 1 N–H and O–H groups in total. The molecule has 3 aliphatic rings. The van der Waals surface area contributed by atoms with Gasteiger partial charge in [0.2, 0.25) is 11.8 Å². The molecular weight excluding hydrogens is 332 g/mol. The van der Waals surface area contributed by atoms with E-state index >= 15 is 0 Å². The zero-order chi connectivity index (χ0) is 18.3. The predicted molar refractivity (Wildman–Crippen MR) is 92.4 cm³/mol. The van der Waals surface area contributed by atoms with E-state index in [9.17, 15) is 14.4 Å². The largest absolute Gasteiger partial charge is 0.331 e. The van der Waals surface area contributed by atoms with Crippen LogP contribution in [0.25, 0.3) is 0 Å². The monoisotopic (exact) mass is 350 g/mol. The maximum atomic E-state index is 12.9. The highest BCUT2D eigenvalue weighted by atomic mass is 16.2. The van der Waals surface area contributed by atoms with Gasteiger partial charge >= 0.3 is 6.03 Å². The van der Waals surface area contributed by atoms with Crippen LogP contribution in [0.4, 0.5) is 10.5 Å². The molecule has 1 aliphatic heterocycles. The van der Waals surface area contributed by atoms with Gasteiger partial charge in [0.15, 0.2) is 5.92 Å². The fraction of sp³-hybridized carbons (Fsp3) is 0.421. The maximum absolute atomic E-state index is 12.9. The molecule has 2 aliphatic carbocycles. The van der Waals surface area contributed by atoms with Gasteiger partial charge in [-0.15, -0.1) is 0 Å². The van der Waals surface area contributed by atoms with Crippen LogP contribution in [-0.2, 0) is 9.59 Å². The van der Waals surface area contributed by atoms with Crippen LogP contribution in [0.2, 0.25) is 0 Å². The molecule has 2 saturated carbocycles. The summed E-state index contributed by atoms with van der Waals surface area (Å²) < 4.78 is 0. The van der Waals surface area contributed by atoms with E-state index in [1.165, 1.54) is 11.1 Å². The number of fused-ring (bicyclic) bond motifs is 2. The lowest BCUT2D eigenvalue weighted by Crippen LogP contribution is -2.62. The number of aliphatic imine (C=N–C) groups is 1. The van der Waals surface area contributed by atoms with E-state index in [-0.39, 0.29) is 6.04 Å². The molecule has 132 valence electrons. The van der Waals surface area contributed by atoms with Crippen LogP contribution in [0, 0.1) is 29.1 Å². The van der Waals surface area contributed by atoms with E-state index in [1.54, 1.807) is 24.3 Å². The minimum absolute atomic E-state index is 0.128. The molecular formula is C19H18N4O3. The van der Waals surface area contributed by atoms with E-state index in [1.807, 2.05) is 6.07 Å². The first-order valence-electron chi connectivity index (χ1n) is 8.79. The molecule has 4 atom stereocenters. The van der Waals surface area contributed by atoms with Crippen molar-refractivity contribution < 1.29 is 14.4 Å². The number of carbonyl (C=O) groups excluding carboxylic acids is 3. The van der Waals surface area contributed by atoms with Gasteiger partial charge in [-0.1, -0.05) is 18.6 Å². The van der Waals surface area contributed by atoms with Crippen LogP contribution in [0.5, 0.6) is 0 Å². The number of hydrogen-bond acceptors (Lipinski definition) is 5. The maximum Gasteiger partial charge on any atom is 0.331 e. The van der Waals surface area contributed by atoms with Crippen molar-refractivity contribution in [3.63, 3.8) is 0 Å². The van der Waals surface area contributed by atoms with E-state index in [4.69, 9.17) is 5.26 Å². The first-order chi connectivity index (χ1) is 12.6. The van der Waals surface area contributed by atoms with Gasteiger partial charge in [-0.2, -0.15) is 5.26 Å². The standard InChI is InChI=1S/C19H18N4O3/c20-9-13-3-1-2-4-15(13)21-10-14-17(24)22-19(26)23(18(14)25)16-8-11-5-6-12(16)7-11/h1-4,10-12,14,16H,5-8H2,(H,22,24,26)/t11-,12-,14+,16-/m0/s1. The molecule has 7 nitrogen and oxygen atoms in total. The van der Waals surface area contributed by atoms with Crippen molar-refractivity contribution in [2.75, 3.05) is 0 Å². The van der Waals surface area contributed by atoms with Crippen LogP contribution in [-0.4, -0.2) is 35.0 Å². The summed E-state index contributed by atoms with van der Waals surface area (Å²) >= 11 is 0. The topological polar surface area (TPSA) is 103 Å². The highest BCUT2D eigenvalue weighted by molar-refractivity contribution is 6.23. The Morgan fingerprint density at radius 3 is 2.69 bits per heavy atom. The third-order valence-electron chi connectivity index (χ3n) is 5.65. The normalized spacial score (nSPS) is 30.7. The van der Waals surface area contributed by atoms with E-state index < -0.39 is 23.8 Å². The fourth-order valence-electron chi connectivity index (χ4n) is 4.41. The number of benzene rings is 1. The summed E-state index contributed by atoms with van der Waals surface area (Å²) in [5.74, 6) is -1.44. The number of nitriles is 1. The van der Waals surface area contributed by atoms with Gasteiger partial charge in [-0.25, -0.2) is 4.79 Å². The number of amides is 4. The quantitative estimate of drug-likeness (QED) is 0.666. The number of rotatable bonds is 3. The number of urea groups is 1. The number of nitrogens with zero attached hydrogens (tertiary/aromatic N) is 3. The van der Waals surface area contributed by atoms with E-state index in [2.05, 4.69) is 10.3 Å². The number of hydrogen-bond donors (Lipinski definition) is 1. The first kappa shape index (κ1) is 16.5. The summed E-state index contributed by atoms with van der Waals surface area (Å²) in [7, 11) is 0. The molecule has 1 heterocycles. The van der Waals surface area contributed by atoms with Gasteiger partial charge in [-0.3, -0.25) is 24.8 Å². The second-order valence-corrected chi connectivity index (χ2v) is 7.13. The average Bonchev–Trinajstić information content (AvgIpc) is 3.25. The SMILES string of the molecule is N#Cc1ccccc1N=C[C@@H]1C(=O)NC(=O)N([C@H]2C[C@H]3CC[C@H]2C3)C1=O. The number of barbiturate groups is 1. The number of imide groups is 2. The van der Waals surface area contributed by atoms with Gasteiger partial charge in [0, 0.05) is 12.3 Å². The molecule has 0 radical (unpaired) electrons. The molecule has 26 heavy (non-hydrogen) atoms. The average molecular weight is 350 g/mol. The lowest BCUT2D eigenvalue weighted by Gasteiger charge is -2.36. The molecule has 3 fully saturated rings. The first-order valence-corrected chi connectivity index (χ1v) is 8.79. The summed E-state index contributed by atoms with van der Waals surface area (Å²) in [4.78, 5) is 42.7. The number of carbonyl (C=O) groups is 3. The molecule has 4 rings (SSSR count). The lowest BCUT2D eigenvalue weighted by molar-refractivity contribution is -0.141. The Labute approximate surface area is 150 Å². The van der Waals surface area contributed by atoms with Crippen LogP contribution >= 0.6 is 0 Å². The van der Waals surface area contributed by atoms with Crippen molar-refractivity contribution in [2.24, 2.45) is 22.7 Å². The number of para-hydroxylation sites is 1. The van der Waals surface area contributed by atoms with Crippen molar-refractivity contribution in [1.82, 2.24) is 10.2 Å². The van der Waals surface area contributed by atoms with Gasteiger partial charge in [0.25, 0.3) is 0 Å².